The van der Waals surface area contributed by atoms with Crippen molar-refractivity contribution >= 4 is 5.84 Å². The Balaban J connectivity index is 2.05. The van der Waals surface area contributed by atoms with Gasteiger partial charge in [-0.1, -0.05) is 6.07 Å². The minimum atomic E-state index is -0.319. The van der Waals surface area contributed by atoms with Gasteiger partial charge >= 0.3 is 0 Å². The Morgan fingerprint density at radius 2 is 2.28 bits per heavy atom. The summed E-state index contributed by atoms with van der Waals surface area (Å²) in [4.78, 5) is 20.7. The molecule has 0 amide bonds. The van der Waals surface area contributed by atoms with Crippen molar-refractivity contribution in [1.29, 1.82) is 0 Å². The van der Waals surface area contributed by atoms with E-state index in [1.165, 1.54) is 0 Å². The van der Waals surface area contributed by atoms with E-state index in [0.29, 0.717) is 12.4 Å². The molecular weight excluding hydrogens is 232 g/mol. The molecule has 1 aromatic heterocycles. The number of nitrogens with zero attached hydrogens (tertiary/aromatic N) is 4. The van der Waals surface area contributed by atoms with E-state index in [2.05, 4.69) is 9.98 Å². The summed E-state index contributed by atoms with van der Waals surface area (Å²) in [6.45, 7) is 2.01. The van der Waals surface area contributed by atoms with E-state index in [1.807, 2.05) is 17.0 Å². The molecule has 18 heavy (non-hydrogen) atoms. The van der Waals surface area contributed by atoms with Crippen molar-refractivity contribution in [2.75, 3.05) is 19.6 Å². The molecule has 0 N–H and O–H groups in total. The average Bonchev–Trinajstić information content (AvgIpc) is 2.89. The zero-order valence-electron chi connectivity index (χ0n) is 10.2. The molecule has 1 aromatic rings. The van der Waals surface area contributed by atoms with Crippen LogP contribution in [0.3, 0.4) is 0 Å². The van der Waals surface area contributed by atoms with Gasteiger partial charge in [-0.25, -0.2) is 0 Å². The lowest BCUT2D eigenvalue weighted by molar-refractivity contribution is -0.464. The summed E-state index contributed by atoms with van der Waals surface area (Å²) in [5.74, 6) is 0.585. The third-order valence-electron chi connectivity index (χ3n) is 2.91. The van der Waals surface area contributed by atoms with Gasteiger partial charge in [0.25, 0.3) is 6.54 Å². The van der Waals surface area contributed by atoms with Crippen LogP contribution < -0.4 is 0 Å². The molecule has 0 spiro atoms. The predicted octanol–water partition coefficient (Wildman–Crippen LogP) is 1.35. The molecule has 6 nitrogen and oxygen atoms in total. The monoisotopic (exact) mass is 248 g/mol. The zero-order chi connectivity index (χ0) is 12.8. The summed E-state index contributed by atoms with van der Waals surface area (Å²) in [7, 11) is 0. The molecule has 0 radical (unpaired) electrons. The first-order valence-electron chi connectivity index (χ1n) is 6.04. The SMILES string of the molecule is O=[N+]([O-])CC(=NCc1cccnc1)N1CCCC1. The molecule has 6 heteroatoms. The summed E-state index contributed by atoms with van der Waals surface area (Å²) >= 11 is 0. The van der Waals surface area contributed by atoms with E-state index < -0.39 is 0 Å². The fourth-order valence-electron chi connectivity index (χ4n) is 2.01. The molecule has 96 valence electrons. The summed E-state index contributed by atoms with van der Waals surface area (Å²) in [5.41, 5.74) is 0.970. The van der Waals surface area contributed by atoms with Crippen LogP contribution in [0.4, 0.5) is 0 Å². The van der Waals surface area contributed by atoms with Gasteiger partial charge in [-0.15, -0.1) is 0 Å². The highest BCUT2D eigenvalue weighted by molar-refractivity contribution is 5.83. The van der Waals surface area contributed by atoms with Crippen LogP contribution >= 0.6 is 0 Å². The van der Waals surface area contributed by atoms with Crippen molar-refractivity contribution < 1.29 is 4.92 Å². The Morgan fingerprint density at radius 1 is 1.50 bits per heavy atom. The summed E-state index contributed by atoms with van der Waals surface area (Å²) in [5, 5.41) is 10.7. The molecule has 1 aliphatic heterocycles. The Kier molecular flexibility index (Phi) is 4.22. The van der Waals surface area contributed by atoms with E-state index in [0.717, 1.165) is 31.5 Å². The van der Waals surface area contributed by atoms with Crippen LogP contribution in [0.15, 0.2) is 29.5 Å². The van der Waals surface area contributed by atoms with Crippen molar-refractivity contribution in [2.24, 2.45) is 4.99 Å². The van der Waals surface area contributed by atoms with Gasteiger partial charge < -0.3 is 4.90 Å². The van der Waals surface area contributed by atoms with Crippen molar-refractivity contribution in [3.05, 3.63) is 40.2 Å². The number of nitro groups is 1. The number of rotatable bonds is 4. The molecule has 0 bridgehead atoms. The van der Waals surface area contributed by atoms with E-state index in [1.54, 1.807) is 12.4 Å². The Hall–Kier alpha value is -1.98. The Morgan fingerprint density at radius 3 is 2.89 bits per heavy atom. The van der Waals surface area contributed by atoms with Crippen LogP contribution in [0, 0.1) is 10.1 Å². The first-order chi connectivity index (χ1) is 8.75. The smallest absolute Gasteiger partial charge is 0.260 e. The van der Waals surface area contributed by atoms with Crippen LogP contribution in [0.1, 0.15) is 18.4 Å². The van der Waals surface area contributed by atoms with Crippen molar-refractivity contribution in [1.82, 2.24) is 9.88 Å². The van der Waals surface area contributed by atoms with E-state index >= 15 is 0 Å². The van der Waals surface area contributed by atoms with Gasteiger partial charge in [0.05, 0.1) is 6.54 Å². The first-order valence-corrected chi connectivity index (χ1v) is 6.04. The van der Waals surface area contributed by atoms with E-state index in [9.17, 15) is 10.1 Å². The normalized spacial score (nSPS) is 16.0. The third-order valence-corrected chi connectivity index (χ3v) is 2.91. The number of pyridine rings is 1. The minimum Gasteiger partial charge on any atom is -0.355 e. The van der Waals surface area contributed by atoms with Crippen molar-refractivity contribution in [3.8, 4) is 0 Å². The highest BCUT2D eigenvalue weighted by atomic mass is 16.6. The van der Waals surface area contributed by atoms with Gasteiger partial charge in [-0.3, -0.25) is 20.1 Å². The van der Waals surface area contributed by atoms with Crippen LogP contribution in [-0.4, -0.2) is 40.3 Å². The van der Waals surface area contributed by atoms with Gasteiger partial charge in [0.15, 0.2) is 5.84 Å². The maximum absolute atomic E-state index is 10.7. The molecule has 0 unspecified atom stereocenters. The van der Waals surface area contributed by atoms with Crippen LogP contribution in [-0.2, 0) is 6.54 Å². The topological polar surface area (TPSA) is 71.6 Å². The molecule has 1 saturated heterocycles. The van der Waals surface area contributed by atoms with E-state index in [-0.39, 0.29) is 11.5 Å². The zero-order valence-corrected chi connectivity index (χ0v) is 10.2. The molecule has 1 aliphatic rings. The highest BCUT2D eigenvalue weighted by Crippen LogP contribution is 2.09. The molecule has 0 aromatic carbocycles. The molecular formula is C12H16N4O2. The minimum absolute atomic E-state index is 0.194. The second kappa shape index (κ2) is 6.09. The number of amidine groups is 1. The Bertz CT molecular complexity index is 427. The largest absolute Gasteiger partial charge is 0.355 e. The van der Waals surface area contributed by atoms with Crippen LogP contribution in [0.2, 0.25) is 0 Å². The number of hydrogen-bond acceptors (Lipinski definition) is 4. The standard InChI is InChI=1S/C12H16N4O2/c17-16(18)10-12(15-6-1-2-7-15)14-9-11-4-3-5-13-8-11/h3-5,8H,1-2,6-7,9-10H2. The number of aromatic nitrogens is 1. The van der Waals surface area contributed by atoms with Gasteiger partial charge in [0.2, 0.25) is 0 Å². The first kappa shape index (κ1) is 12.5. The lowest BCUT2D eigenvalue weighted by atomic mass is 10.3. The van der Waals surface area contributed by atoms with E-state index in [4.69, 9.17) is 0 Å². The van der Waals surface area contributed by atoms with Gasteiger partial charge in [-0.2, -0.15) is 0 Å². The predicted molar refractivity (Wildman–Crippen MR) is 68.0 cm³/mol. The van der Waals surface area contributed by atoms with Gasteiger partial charge in [0.1, 0.15) is 0 Å². The molecule has 2 heterocycles. The third kappa shape index (κ3) is 3.51. The van der Waals surface area contributed by atoms with Crippen LogP contribution in [0.5, 0.6) is 0 Å². The van der Waals surface area contributed by atoms with Gasteiger partial charge in [0, 0.05) is 30.4 Å². The summed E-state index contributed by atoms with van der Waals surface area (Å²) in [6.07, 6.45) is 5.61. The molecule has 1 fully saturated rings. The maximum atomic E-state index is 10.7. The second-order valence-corrected chi connectivity index (χ2v) is 4.28. The summed E-state index contributed by atoms with van der Waals surface area (Å²) in [6, 6.07) is 3.76. The molecule has 2 rings (SSSR count). The lowest BCUT2D eigenvalue weighted by Crippen LogP contribution is -2.33. The quantitative estimate of drug-likeness (QED) is 0.349. The lowest BCUT2D eigenvalue weighted by Gasteiger charge is -2.17. The second-order valence-electron chi connectivity index (χ2n) is 4.28. The van der Waals surface area contributed by atoms with Crippen LogP contribution in [0.25, 0.3) is 0 Å². The fourth-order valence-corrected chi connectivity index (χ4v) is 2.01. The average molecular weight is 248 g/mol. The molecule has 0 saturated carbocycles. The maximum Gasteiger partial charge on any atom is 0.260 e. The number of hydrogen-bond donors (Lipinski definition) is 0. The summed E-state index contributed by atoms with van der Waals surface area (Å²) < 4.78 is 0. The molecule has 0 aliphatic carbocycles. The van der Waals surface area contributed by atoms with Crippen molar-refractivity contribution in [2.45, 2.75) is 19.4 Å². The molecule has 0 atom stereocenters. The number of aliphatic imine (C=N–C) groups is 1. The van der Waals surface area contributed by atoms with Crippen molar-refractivity contribution in [3.63, 3.8) is 0 Å². The highest BCUT2D eigenvalue weighted by Gasteiger charge is 2.19. The number of likely N-dealkylation sites (tertiary alicyclic amines) is 1. The van der Waals surface area contributed by atoms with Gasteiger partial charge in [-0.05, 0) is 24.5 Å². The Labute approximate surface area is 106 Å². The fraction of sp³-hybridized carbons (Fsp3) is 0.500.